The van der Waals surface area contributed by atoms with Gasteiger partial charge in [-0.3, -0.25) is 14.4 Å². The van der Waals surface area contributed by atoms with Gasteiger partial charge in [0.05, 0.1) is 20.8 Å². The van der Waals surface area contributed by atoms with Crippen molar-refractivity contribution in [2.24, 2.45) is 0 Å². The molecular weight excluding hydrogens is 504 g/mol. The molecule has 1 aromatic heterocycles. The SMILES string of the molecule is CNC(=O)[C@H](CCc1ccccc1)NC(=O)[C@H](NC(=O)CNCc1ccc(OC)cc1OC)c1cccs1. The molecule has 10 heteroatoms. The normalized spacial score (nSPS) is 12.2. The summed E-state index contributed by atoms with van der Waals surface area (Å²) < 4.78 is 10.6. The molecule has 0 aliphatic heterocycles. The number of methoxy groups -OCH3 is 2. The van der Waals surface area contributed by atoms with Crippen molar-refractivity contribution in [3.05, 3.63) is 82.0 Å². The smallest absolute Gasteiger partial charge is 0.248 e. The lowest BCUT2D eigenvalue weighted by Crippen LogP contribution is -2.50. The van der Waals surface area contributed by atoms with Crippen molar-refractivity contribution in [2.45, 2.75) is 31.5 Å². The molecule has 3 aromatic rings. The number of rotatable bonds is 14. The Morgan fingerprint density at radius 2 is 1.71 bits per heavy atom. The van der Waals surface area contributed by atoms with Crippen LogP contribution in [0.1, 0.15) is 28.5 Å². The van der Waals surface area contributed by atoms with Gasteiger partial charge in [0.2, 0.25) is 17.7 Å². The maximum absolute atomic E-state index is 13.3. The molecule has 1 heterocycles. The highest BCUT2D eigenvalue weighted by Gasteiger charge is 2.28. The van der Waals surface area contributed by atoms with E-state index in [1.807, 2.05) is 53.9 Å². The molecule has 9 nitrogen and oxygen atoms in total. The predicted octanol–water partition coefficient (Wildman–Crippen LogP) is 2.58. The molecule has 0 radical (unpaired) electrons. The largest absolute Gasteiger partial charge is 0.497 e. The summed E-state index contributed by atoms with van der Waals surface area (Å²) in [5, 5.41) is 13.2. The number of hydrogen-bond donors (Lipinski definition) is 4. The van der Waals surface area contributed by atoms with Crippen LogP contribution in [0.5, 0.6) is 11.5 Å². The van der Waals surface area contributed by atoms with Crippen LogP contribution in [0, 0.1) is 0 Å². The van der Waals surface area contributed by atoms with Gasteiger partial charge in [-0.05, 0) is 35.9 Å². The van der Waals surface area contributed by atoms with Gasteiger partial charge in [0.1, 0.15) is 23.6 Å². The molecule has 0 fully saturated rings. The lowest BCUT2D eigenvalue weighted by Gasteiger charge is -2.22. The van der Waals surface area contributed by atoms with Gasteiger partial charge in [0, 0.05) is 30.1 Å². The lowest BCUT2D eigenvalue weighted by atomic mass is 10.0. The van der Waals surface area contributed by atoms with E-state index >= 15 is 0 Å². The van der Waals surface area contributed by atoms with Crippen LogP contribution in [0.25, 0.3) is 0 Å². The van der Waals surface area contributed by atoms with E-state index in [0.29, 0.717) is 35.8 Å². The minimum Gasteiger partial charge on any atom is -0.497 e. The van der Waals surface area contributed by atoms with E-state index in [1.54, 1.807) is 26.4 Å². The molecule has 0 bridgehead atoms. The second-order valence-electron chi connectivity index (χ2n) is 8.50. The molecule has 38 heavy (non-hydrogen) atoms. The minimum atomic E-state index is -0.927. The Kier molecular flexibility index (Phi) is 11.1. The lowest BCUT2D eigenvalue weighted by molar-refractivity contribution is -0.132. The Hall–Kier alpha value is -3.89. The maximum atomic E-state index is 13.3. The van der Waals surface area contributed by atoms with Crippen molar-refractivity contribution >= 4 is 29.1 Å². The standard InChI is InChI=1S/C28H34N4O5S/c1-29-27(34)22(14-11-19-8-5-4-6-9-19)31-28(35)26(24-10-7-15-38-24)32-25(33)18-30-17-20-12-13-21(36-2)16-23(20)37-3/h4-10,12-13,15-16,22,26,30H,11,14,17-18H2,1-3H3,(H,29,34)(H,31,35)(H,32,33)/t22-,26+/m0/s1. The molecule has 0 saturated heterocycles. The van der Waals surface area contributed by atoms with E-state index in [4.69, 9.17) is 9.47 Å². The molecule has 4 N–H and O–H groups in total. The van der Waals surface area contributed by atoms with E-state index in [9.17, 15) is 14.4 Å². The first-order valence-electron chi connectivity index (χ1n) is 12.3. The first-order chi connectivity index (χ1) is 18.4. The molecule has 0 unspecified atom stereocenters. The van der Waals surface area contributed by atoms with Gasteiger partial charge in [0.25, 0.3) is 0 Å². The Morgan fingerprint density at radius 1 is 0.921 bits per heavy atom. The zero-order valence-corrected chi connectivity index (χ0v) is 22.6. The summed E-state index contributed by atoms with van der Waals surface area (Å²) in [5.74, 6) is 0.225. The van der Waals surface area contributed by atoms with Crippen LogP contribution in [0.4, 0.5) is 0 Å². The first-order valence-corrected chi connectivity index (χ1v) is 13.1. The average Bonchev–Trinajstić information content (AvgIpc) is 3.48. The van der Waals surface area contributed by atoms with Crippen molar-refractivity contribution in [1.29, 1.82) is 0 Å². The second kappa shape index (κ2) is 14.7. The summed E-state index contributed by atoms with van der Waals surface area (Å²) >= 11 is 1.36. The van der Waals surface area contributed by atoms with Crippen LogP contribution < -0.4 is 30.7 Å². The Bertz CT molecular complexity index is 1190. The second-order valence-corrected chi connectivity index (χ2v) is 9.48. The molecule has 2 atom stereocenters. The van der Waals surface area contributed by atoms with E-state index in [2.05, 4.69) is 21.3 Å². The first kappa shape index (κ1) is 28.7. The highest BCUT2D eigenvalue weighted by atomic mass is 32.1. The number of ether oxygens (including phenoxy) is 2. The fourth-order valence-corrected chi connectivity index (χ4v) is 4.67. The van der Waals surface area contributed by atoms with Gasteiger partial charge in [-0.15, -0.1) is 11.3 Å². The van der Waals surface area contributed by atoms with Crippen LogP contribution >= 0.6 is 11.3 Å². The molecule has 3 rings (SSSR count). The topological polar surface area (TPSA) is 118 Å². The number of amides is 3. The van der Waals surface area contributed by atoms with Crippen LogP contribution in [0.3, 0.4) is 0 Å². The molecule has 0 aliphatic rings. The minimum absolute atomic E-state index is 0.0166. The van der Waals surface area contributed by atoms with Gasteiger partial charge >= 0.3 is 0 Å². The average molecular weight is 539 g/mol. The molecule has 0 saturated carbocycles. The maximum Gasteiger partial charge on any atom is 0.248 e. The summed E-state index contributed by atoms with van der Waals surface area (Å²) in [4.78, 5) is 39.3. The van der Waals surface area contributed by atoms with Gasteiger partial charge in [0.15, 0.2) is 0 Å². The van der Waals surface area contributed by atoms with Crippen LogP contribution in [0.2, 0.25) is 0 Å². The zero-order chi connectivity index (χ0) is 27.3. The van der Waals surface area contributed by atoms with Gasteiger partial charge in [-0.2, -0.15) is 0 Å². The van der Waals surface area contributed by atoms with Crippen molar-refractivity contribution in [2.75, 3.05) is 27.8 Å². The number of benzene rings is 2. The number of aryl methyl sites for hydroxylation is 1. The predicted molar refractivity (Wildman–Crippen MR) is 147 cm³/mol. The fraction of sp³-hybridized carbons (Fsp3) is 0.321. The molecule has 2 aromatic carbocycles. The fourth-order valence-electron chi connectivity index (χ4n) is 3.90. The molecule has 202 valence electrons. The monoisotopic (exact) mass is 538 g/mol. The van der Waals surface area contributed by atoms with Crippen molar-refractivity contribution < 1.29 is 23.9 Å². The Labute approximate surface area is 226 Å². The number of carbonyl (C=O) groups is 3. The highest BCUT2D eigenvalue weighted by Crippen LogP contribution is 2.24. The van der Waals surface area contributed by atoms with E-state index in [-0.39, 0.29) is 18.4 Å². The number of carbonyl (C=O) groups excluding carboxylic acids is 3. The van der Waals surface area contributed by atoms with E-state index in [0.717, 1.165) is 11.1 Å². The number of thiophene rings is 1. The number of nitrogens with one attached hydrogen (secondary N) is 4. The quantitative estimate of drug-likeness (QED) is 0.251. The zero-order valence-electron chi connectivity index (χ0n) is 21.8. The van der Waals surface area contributed by atoms with Crippen molar-refractivity contribution in [3.8, 4) is 11.5 Å². The summed E-state index contributed by atoms with van der Waals surface area (Å²) in [6.07, 6.45) is 1.04. The van der Waals surface area contributed by atoms with Crippen molar-refractivity contribution in [1.82, 2.24) is 21.3 Å². The molecular formula is C28H34N4O5S. The van der Waals surface area contributed by atoms with E-state index in [1.165, 1.54) is 18.4 Å². The number of hydrogen-bond acceptors (Lipinski definition) is 7. The Balaban J connectivity index is 1.62. The van der Waals surface area contributed by atoms with Crippen molar-refractivity contribution in [3.63, 3.8) is 0 Å². The van der Waals surface area contributed by atoms with Crippen LogP contribution in [0.15, 0.2) is 66.0 Å². The van der Waals surface area contributed by atoms with Gasteiger partial charge in [-0.25, -0.2) is 0 Å². The number of likely N-dealkylation sites (N-methyl/N-ethyl adjacent to an activating group) is 1. The van der Waals surface area contributed by atoms with Crippen LogP contribution in [-0.2, 0) is 27.3 Å². The van der Waals surface area contributed by atoms with Crippen LogP contribution in [-0.4, -0.2) is 51.6 Å². The van der Waals surface area contributed by atoms with Gasteiger partial charge in [-0.1, -0.05) is 42.5 Å². The highest BCUT2D eigenvalue weighted by molar-refractivity contribution is 7.10. The molecule has 3 amide bonds. The van der Waals surface area contributed by atoms with E-state index < -0.39 is 18.0 Å². The third-order valence-electron chi connectivity index (χ3n) is 5.93. The summed E-state index contributed by atoms with van der Waals surface area (Å²) in [6.45, 7) is 0.367. The third kappa shape index (κ3) is 8.32. The molecule has 0 spiro atoms. The summed E-state index contributed by atoms with van der Waals surface area (Å²) in [5.41, 5.74) is 1.93. The Morgan fingerprint density at radius 3 is 2.37 bits per heavy atom. The third-order valence-corrected chi connectivity index (χ3v) is 6.87. The van der Waals surface area contributed by atoms with Gasteiger partial charge < -0.3 is 30.7 Å². The molecule has 0 aliphatic carbocycles. The summed E-state index contributed by atoms with van der Waals surface area (Å²) in [6, 6.07) is 17.1. The summed E-state index contributed by atoms with van der Waals surface area (Å²) in [7, 11) is 4.69.